The number of nitrogens with zero attached hydrogens (tertiary/aromatic N) is 3. The summed E-state index contributed by atoms with van der Waals surface area (Å²) in [5, 5.41) is 12.5. The Morgan fingerprint density at radius 2 is 2.28 bits per heavy atom. The van der Waals surface area contributed by atoms with Gasteiger partial charge in [0.1, 0.15) is 23.7 Å². The first kappa shape index (κ1) is 12.1. The van der Waals surface area contributed by atoms with E-state index in [-0.39, 0.29) is 0 Å². The number of benzene rings is 1. The van der Waals surface area contributed by atoms with Gasteiger partial charge < -0.3 is 10.1 Å². The maximum Gasteiger partial charge on any atom is 0.151 e. The molecule has 1 aromatic heterocycles. The fourth-order valence-electron chi connectivity index (χ4n) is 1.42. The molecule has 0 unspecified atom stereocenters. The predicted molar refractivity (Wildman–Crippen MR) is 68.0 cm³/mol. The van der Waals surface area contributed by atoms with Crippen molar-refractivity contribution in [2.75, 3.05) is 12.4 Å². The van der Waals surface area contributed by atoms with Gasteiger partial charge in [0.05, 0.1) is 19.0 Å². The number of nitrogens with one attached hydrogen (secondary N) is 1. The monoisotopic (exact) mass is 260 g/mol. The van der Waals surface area contributed by atoms with Crippen LogP contribution in [0.5, 0.6) is 5.75 Å². The van der Waals surface area contributed by atoms with Crippen LogP contribution in [0.3, 0.4) is 0 Å². The second kappa shape index (κ2) is 5.34. The molecule has 0 atom stereocenters. The largest absolute Gasteiger partial charge is 0.495 e. The first-order valence-corrected chi connectivity index (χ1v) is 5.43. The molecule has 0 aliphatic carbocycles. The maximum absolute atomic E-state index is 8.95. The minimum atomic E-state index is 0.347. The second-order valence-electron chi connectivity index (χ2n) is 3.37. The summed E-state index contributed by atoms with van der Waals surface area (Å²) in [5.74, 6) is 1.02. The Hall–Kier alpha value is -2.32. The number of nitriles is 1. The van der Waals surface area contributed by atoms with Gasteiger partial charge in [-0.05, 0) is 18.2 Å². The van der Waals surface area contributed by atoms with Gasteiger partial charge in [-0.15, -0.1) is 0 Å². The molecule has 2 rings (SSSR count). The molecular formula is C12H9ClN4O. The molecule has 0 saturated heterocycles. The molecule has 0 spiro atoms. The van der Waals surface area contributed by atoms with Gasteiger partial charge in [-0.2, -0.15) is 5.26 Å². The van der Waals surface area contributed by atoms with Crippen LogP contribution in [0.1, 0.15) is 5.56 Å². The number of anilines is 2. The first-order valence-electron chi connectivity index (χ1n) is 5.05. The highest BCUT2D eigenvalue weighted by molar-refractivity contribution is 6.31. The molecular weight excluding hydrogens is 252 g/mol. The van der Waals surface area contributed by atoms with E-state index in [1.165, 1.54) is 12.5 Å². The third-order valence-electron chi connectivity index (χ3n) is 2.25. The lowest BCUT2D eigenvalue weighted by Gasteiger charge is -2.11. The van der Waals surface area contributed by atoms with E-state index in [1.807, 2.05) is 6.07 Å². The smallest absolute Gasteiger partial charge is 0.151 e. The van der Waals surface area contributed by atoms with Crippen LogP contribution in [0.4, 0.5) is 11.5 Å². The first-order chi connectivity index (χ1) is 8.74. The molecule has 0 amide bonds. The van der Waals surface area contributed by atoms with Gasteiger partial charge in [0.2, 0.25) is 0 Å². The zero-order chi connectivity index (χ0) is 13.0. The Balaban J connectivity index is 2.40. The van der Waals surface area contributed by atoms with Crippen LogP contribution in [-0.2, 0) is 0 Å². The molecule has 1 N–H and O–H groups in total. The summed E-state index contributed by atoms with van der Waals surface area (Å²) >= 11 is 5.92. The average Bonchev–Trinajstić information content (AvgIpc) is 2.40. The van der Waals surface area contributed by atoms with Crippen LogP contribution in [0.25, 0.3) is 0 Å². The van der Waals surface area contributed by atoms with Crippen molar-refractivity contribution in [3.8, 4) is 11.8 Å². The quantitative estimate of drug-likeness (QED) is 0.919. The highest BCUT2D eigenvalue weighted by atomic mass is 35.5. The van der Waals surface area contributed by atoms with E-state index in [0.717, 1.165) is 0 Å². The van der Waals surface area contributed by atoms with Crippen LogP contribution in [0.15, 0.2) is 30.7 Å². The second-order valence-corrected chi connectivity index (χ2v) is 3.80. The Labute approximate surface area is 109 Å². The van der Waals surface area contributed by atoms with Crippen LogP contribution < -0.4 is 10.1 Å². The number of methoxy groups -OCH3 is 1. The molecule has 5 nitrogen and oxygen atoms in total. The van der Waals surface area contributed by atoms with E-state index < -0.39 is 0 Å². The normalized spacial score (nSPS) is 9.61. The van der Waals surface area contributed by atoms with Crippen molar-refractivity contribution in [2.24, 2.45) is 0 Å². The summed E-state index contributed by atoms with van der Waals surface area (Å²) < 4.78 is 5.20. The Morgan fingerprint density at radius 3 is 3.00 bits per heavy atom. The van der Waals surface area contributed by atoms with E-state index in [4.69, 9.17) is 21.6 Å². The lowest BCUT2D eigenvalue weighted by Crippen LogP contribution is -1.99. The molecule has 0 aliphatic rings. The van der Waals surface area contributed by atoms with E-state index >= 15 is 0 Å². The van der Waals surface area contributed by atoms with Crippen molar-refractivity contribution in [2.45, 2.75) is 0 Å². The zero-order valence-electron chi connectivity index (χ0n) is 9.51. The van der Waals surface area contributed by atoms with Gasteiger partial charge in [0.25, 0.3) is 0 Å². The molecule has 18 heavy (non-hydrogen) atoms. The highest BCUT2D eigenvalue weighted by Crippen LogP contribution is 2.30. The SMILES string of the molecule is COc1ccc(Cl)cc1Nc1ncncc1C#N. The lowest BCUT2D eigenvalue weighted by atomic mass is 10.2. The fraction of sp³-hybridized carbons (Fsp3) is 0.0833. The topological polar surface area (TPSA) is 70.8 Å². The van der Waals surface area contributed by atoms with Gasteiger partial charge in [0.15, 0.2) is 5.82 Å². The molecule has 1 aromatic carbocycles. The fourth-order valence-corrected chi connectivity index (χ4v) is 1.59. The Bertz CT molecular complexity index is 609. The van der Waals surface area contributed by atoms with Crippen LogP contribution in [0.2, 0.25) is 5.02 Å². The van der Waals surface area contributed by atoms with Gasteiger partial charge >= 0.3 is 0 Å². The molecule has 1 heterocycles. The Morgan fingerprint density at radius 1 is 1.44 bits per heavy atom. The molecule has 0 saturated carbocycles. The lowest BCUT2D eigenvalue weighted by molar-refractivity contribution is 0.417. The molecule has 0 radical (unpaired) electrons. The van der Waals surface area contributed by atoms with Gasteiger partial charge in [-0.25, -0.2) is 9.97 Å². The molecule has 6 heteroatoms. The van der Waals surface area contributed by atoms with Crippen LogP contribution in [0, 0.1) is 11.3 Å². The number of ether oxygens (including phenoxy) is 1. The van der Waals surface area contributed by atoms with Crippen LogP contribution in [-0.4, -0.2) is 17.1 Å². The van der Waals surface area contributed by atoms with Crippen molar-refractivity contribution in [1.29, 1.82) is 5.26 Å². The summed E-state index contributed by atoms with van der Waals surface area (Å²) in [6, 6.07) is 7.16. The minimum Gasteiger partial charge on any atom is -0.495 e. The molecule has 90 valence electrons. The predicted octanol–water partition coefficient (Wildman–Crippen LogP) is 2.75. The molecule has 0 fully saturated rings. The van der Waals surface area contributed by atoms with Crippen molar-refractivity contribution < 1.29 is 4.74 Å². The standard InChI is InChI=1S/C12H9ClN4O/c1-18-11-3-2-9(13)4-10(11)17-12-8(5-14)6-15-7-16-12/h2-4,6-7H,1H3,(H,15,16,17). The minimum absolute atomic E-state index is 0.347. The summed E-state index contributed by atoms with van der Waals surface area (Å²) in [5.41, 5.74) is 0.986. The van der Waals surface area contributed by atoms with E-state index in [2.05, 4.69) is 15.3 Å². The summed E-state index contributed by atoms with van der Waals surface area (Å²) in [6.07, 6.45) is 2.80. The van der Waals surface area contributed by atoms with E-state index in [1.54, 1.807) is 25.3 Å². The number of hydrogen-bond acceptors (Lipinski definition) is 5. The van der Waals surface area contributed by atoms with Crippen molar-refractivity contribution in [3.05, 3.63) is 41.3 Å². The maximum atomic E-state index is 8.95. The Kier molecular flexibility index (Phi) is 3.60. The van der Waals surface area contributed by atoms with E-state index in [9.17, 15) is 0 Å². The number of aromatic nitrogens is 2. The van der Waals surface area contributed by atoms with Crippen molar-refractivity contribution in [3.63, 3.8) is 0 Å². The third kappa shape index (κ3) is 2.50. The highest BCUT2D eigenvalue weighted by Gasteiger charge is 2.08. The van der Waals surface area contributed by atoms with Crippen LogP contribution >= 0.6 is 11.6 Å². The third-order valence-corrected chi connectivity index (χ3v) is 2.48. The molecule has 0 aliphatic heterocycles. The van der Waals surface area contributed by atoms with Crippen molar-refractivity contribution in [1.82, 2.24) is 9.97 Å². The summed E-state index contributed by atoms with van der Waals surface area (Å²) in [6.45, 7) is 0. The van der Waals surface area contributed by atoms with E-state index in [0.29, 0.717) is 27.8 Å². The van der Waals surface area contributed by atoms with Gasteiger partial charge in [-0.1, -0.05) is 11.6 Å². The van der Waals surface area contributed by atoms with Gasteiger partial charge in [0, 0.05) is 5.02 Å². The molecule has 0 bridgehead atoms. The summed E-state index contributed by atoms with van der Waals surface area (Å²) in [7, 11) is 1.56. The summed E-state index contributed by atoms with van der Waals surface area (Å²) in [4.78, 5) is 7.79. The zero-order valence-corrected chi connectivity index (χ0v) is 10.3. The van der Waals surface area contributed by atoms with Gasteiger partial charge in [-0.3, -0.25) is 0 Å². The average molecular weight is 261 g/mol. The number of hydrogen-bond donors (Lipinski definition) is 1. The van der Waals surface area contributed by atoms with Crippen molar-refractivity contribution >= 4 is 23.1 Å². The number of halogens is 1. The number of rotatable bonds is 3. The molecule has 2 aromatic rings.